The lowest BCUT2D eigenvalue weighted by Gasteiger charge is -2.40. The van der Waals surface area contributed by atoms with Gasteiger partial charge in [-0.15, -0.1) is 0 Å². The van der Waals surface area contributed by atoms with Gasteiger partial charge in [0, 0.05) is 5.56 Å². The summed E-state index contributed by atoms with van der Waals surface area (Å²) < 4.78 is 10.8. The molecule has 1 aliphatic rings. The molecule has 1 N–H and O–H groups in total. The Hall–Kier alpha value is -1.42. The first-order valence-corrected chi connectivity index (χ1v) is 7.45. The van der Waals surface area contributed by atoms with Crippen LogP contribution in [0.5, 0.6) is 11.5 Å². The van der Waals surface area contributed by atoms with E-state index in [2.05, 4.69) is 0 Å². The monoisotopic (exact) mass is 312 g/mol. The zero-order valence-corrected chi connectivity index (χ0v) is 13.6. The second-order valence-electron chi connectivity index (χ2n) is 5.79. The number of aliphatic carboxylic acids is 1. The van der Waals surface area contributed by atoms with Crippen LogP contribution >= 0.6 is 11.6 Å². The fourth-order valence-electron chi connectivity index (χ4n) is 2.94. The second-order valence-corrected chi connectivity index (χ2v) is 6.16. The van der Waals surface area contributed by atoms with Crippen LogP contribution in [0.1, 0.15) is 50.2 Å². The molecule has 0 atom stereocenters. The first kappa shape index (κ1) is 16.0. The normalized spacial score (nSPS) is 16.5. The fourth-order valence-corrected chi connectivity index (χ4v) is 3.48. The molecule has 21 heavy (non-hydrogen) atoms. The molecule has 4 nitrogen and oxygen atoms in total. The third-order valence-electron chi connectivity index (χ3n) is 4.35. The highest BCUT2D eigenvalue weighted by Crippen LogP contribution is 2.54. The highest BCUT2D eigenvalue weighted by atomic mass is 35.5. The second kappa shape index (κ2) is 5.76. The number of carboxylic acids is 1. The van der Waals surface area contributed by atoms with Gasteiger partial charge in [-0.3, -0.25) is 4.79 Å². The Morgan fingerprint density at radius 1 is 1.33 bits per heavy atom. The molecule has 0 aromatic heterocycles. The Morgan fingerprint density at radius 3 is 2.29 bits per heavy atom. The van der Waals surface area contributed by atoms with E-state index in [0.29, 0.717) is 34.9 Å². The molecule has 1 saturated carbocycles. The van der Waals surface area contributed by atoms with Gasteiger partial charge >= 0.3 is 5.97 Å². The molecule has 0 heterocycles. The number of carboxylic acid groups (broad SMARTS) is 1. The van der Waals surface area contributed by atoms with Gasteiger partial charge in [-0.25, -0.2) is 0 Å². The van der Waals surface area contributed by atoms with Crippen LogP contribution in [0.25, 0.3) is 0 Å². The van der Waals surface area contributed by atoms with Crippen LogP contribution in [0.4, 0.5) is 0 Å². The fraction of sp³-hybridized carbons (Fsp3) is 0.562. The Morgan fingerprint density at radius 2 is 1.95 bits per heavy atom. The first-order chi connectivity index (χ1) is 9.89. The Bertz CT molecular complexity index is 562. The van der Waals surface area contributed by atoms with Crippen molar-refractivity contribution in [2.45, 2.75) is 44.4 Å². The minimum Gasteiger partial charge on any atom is -0.493 e. The highest BCUT2D eigenvalue weighted by molar-refractivity contribution is 6.33. The molecule has 0 unspecified atom stereocenters. The molecule has 2 rings (SSSR count). The molecule has 1 aliphatic carbocycles. The first-order valence-electron chi connectivity index (χ1n) is 7.07. The Labute approximate surface area is 130 Å². The summed E-state index contributed by atoms with van der Waals surface area (Å²) in [7, 11) is 3.06. The predicted octanol–water partition coefficient (Wildman–Crippen LogP) is 3.99. The van der Waals surface area contributed by atoms with Crippen LogP contribution in [-0.2, 0) is 10.2 Å². The largest absolute Gasteiger partial charge is 0.493 e. The van der Waals surface area contributed by atoms with Gasteiger partial charge in [0.25, 0.3) is 0 Å². The van der Waals surface area contributed by atoms with Gasteiger partial charge in [-0.2, -0.15) is 0 Å². The van der Waals surface area contributed by atoms with Crippen molar-refractivity contribution in [3.8, 4) is 11.5 Å². The van der Waals surface area contributed by atoms with E-state index in [0.717, 1.165) is 12.0 Å². The zero-order valence-electron chi connectivity index (χ0n) is 12.8. The zero-order chi connectivity index (χ0) is 15.8. The minimum absolute atomic E-state index is 0.168. The van der Waals surface area contributed by atoms with Crippen LogP contribution in [0.2, 0.25) is 5.02 Å². The maximum Gasteiger partial charge on any atom is 0.314 e. The summed E-state index contributed by atoms with van der Waals surface area (Å²) in [6, 6.07) is 1.84. The lowest BCUT2D eigenvalue weighted by molar-refractivity contribution is -0.147. The summed E-state index contributed by atoms with van der Waals surface area (Å²) in [5, 5.41) is 10.2. The molecule has 0 saturated heterocycles. The molecular formula is C16H21ClO4. The van der Waals surface area contributed by atoms with Gasteiger partial charge in [0.2, 0.25) is 0 Å². The maximum absolute atomic E-state index is 11.9. The molecule has 116 valence electrons. The van der Waals surface area contributed by atoms with Gasteiger partial charge in [-0.1, -0.05) is 31.9 Å². The Kier molecular flexibility index (Phi) is 4.38. The van der Waals surface area contributed by atoms with E-state index < -0.39 is 11.4 Å². The summed E-state index contributed by atoms with van der Waals surface area (Å²) in [5.41, 5.74) is 0.492. The maximum atomic E-state index is 11.9. The Balaban J connectivity index is 2.78. The number of hydrogen-bond acceptors (Lipinski definition) is 3. The van der Waals surface area contributed by atoms with Gasteiger partial charge in [0.1, 0.15) is 0 Å². The van der Waals surface area contributed by atoms with Crippen LogP contribution in [0, 0.1) is 0 Å². The smallest absolute Gasteiger partial charge is 0.314 e. The molecule has 0 radical (unpaired) electrons. The molecule has 0 aliphatic heterocycles. The lowest BCUT2D eigenvalue weighted by atomic mass is 9.63. The number of halogens is 1. The van der Waals surface area contributed by atoms with E-state index in [4.69, 9.17) is 21.1 Å². The quantitative estimate of drug-likeness (QED) is 0.893. The van der Waals surface area contributed by atoms with Crippen LogP contribution in [0.3, 0.4) is 0 Å². The highest BCUT2D eigenvalue weighted by Gasteiger charge is 2.50. The summed E-state index contributed by atoms with van der Waals surface area (Å²) in [4.78, 5) is 11.9. The summed E-state index contributed by atoms with van der Waals surface area (Å²) >= 11 is 6.56. The van der Waals surface area contributed by atoms with Gasteiger partial charge in [-0.05, 0) is 30.4 Å². The average Bonchev–Trinajstić information content (AvgIpc) is 2.37. The summed E-state index contributed by atoms with van der Waals surface area (Å²) in [5.74, 6) is 0.293. The minimum atomic E-state index is -0.958. The molecule has 1 aromatic rings. The van der Waals surface area contributed by atoms with Gasteiger partial charge < -0.3 is 14.6 Å². The third-order valence-corrected chi connectivity index (χ3v) is 4.76. The molecule has 0 amide bonds. The number of rotatable bonds is 5. The summed E-state index contributed by atoms with van der Waals surface area (Å²) in [6.07, 6.45) is 2.02. The van der Waals surface area contributed by atoms with Crippen molar-refractivity contribution in [1.29, 1.82) is 0 Å². The van der Waals surface area contributed by atoms with Crippen molar-refractivity contribution in [3.63, 3.8) is 0 Å². The van der Waals surface area contributed by atoms with Crippen molar-refractivity contribution < 1.29 is 19.4 Å². The third kappa shape index (κ3) is 2.35. The molecule has 1 aromatic carbocycles. The summed E-state index contributed by atoms with van der Waals surface area (Å²) in [6.45, 7) is 4.04. The number of benzene rings is 1. The lowest BCUT2D eigenvalue weighted by Crippen LogP contribution is -2.43. The SMILES string of the molecule is COc1cc(C(C)C)c(Cl)c(C2(C(=O)O)CCC2)c1OC. The van der Waals surface area contributed by atoms with E-state index in [1.807, 2.05) is 19.9 Å². The number of methoxy groups -OCH3 is 2. The predicted molar refractivity (Wildman–Crippen MR) is 81.8 cm³/mol. The van der Waals surface area contributed by atoms with Crippen molar-refractivity contribution in [3.05, 3.63) is 22.2 Å². The molecule has 5 heteroatoms. The topological polar surface area (TPSA) is 55.8 Å². The van der Waals surface area contributed by atoms with E-state index >= 15 is 0 Å². The van der Waals surface area contributed by atoms with E-state index in [9.17, 15) is 9.90 Å². The molecule has 0 bridgehead atoms. The standard InChI is InChI=1S/C16H21ClO4/c1-9(2)10-8-11(20-3)14(21-4)12(13(10)17)16(15(18)19)6-5-7-16/h8-9H,5-7H2,1-4H3,(H,18,19). The van der Waals surface area contributed by atoms with Crippen LogP contribution in [-0.4, -0.2) is 25.3 Å². The molecule has 1 fully saturated rings. The number of hydrogen-bond donors (Lipinski definition) is 1. The van der Waals surface area contributed by atoms with E-state index in [1.54, 1.807) is 7.11 Å². The number of carbonyl (C=O) groups is 1. The van der Waals surface area contributed by atoms with Crippen LogP contribution < -0.4 is 9.47 Å². The van der Waals surface area contributed by atoms with Crippen LogP contribution in [0.15, 0.2) is 6.07 Å². The van der Waals surface area contributed by atoms with Crippen molar-refractivity contribution in [2.75, 3.05) is 14.2 Å². The van der Waals surface area contributed by atoms with Crippen molar-refractivity contribution in [2.24, 2.45) is 0 Å². The van der Waals surface area contributed by atoms with E-state index in [-0.39, 0.29) is 5.92 Å². The van der Waals surface area contributed by atoms with Crippen molar-refractivity contribution >= 4 is 17.6 Å². The van der Waals surface area contributed by atoms with E-state index in [1.165, 1.54) is 7.11 Å². The van der Waals surface area contributed by atoms with Gasteiger partial charge in [0.05, 0.1) is 24.7 Å². The molecule has 0 spiro atoms. The van der Waals surface area contributed by atoms with Crippen molar-refractivity contribution in [1.82, 2.24) is 0 Å². The van der Waals surface area contributed by atoms with Gasteiger partial charge in [0.15, 0.2) is 11.5 Å². The average molecular weight is 313 g/mol. The molecular weight excluding hydrogens is 292 g/mol. The number of ether oxygens (including phenoxy) is 2.